The molecule has 0 aliphatic carbocycles. The number of hydrogen-bond donors (Lipinski definition) is 2. The fourth-order valence-corrected chi connectivity index (χ4v) is 1.22. The smallest absolute Gasteiger partial charge is 0.230 e. The Bertz CT molecular complexity index is 472. The number of nitrogens with two attached hydrogens (primary N) is 1. The molecule has 0 aliphatic heterocycles. The molecular formula is C13H17N3O. The average Bonchev–Trinajstić information content (AvgIpc) is 2.31. The van der Waals surface area contributed by atoms with Gasteiger partial charge in [-0.2, -0.15) is 5.26 Å². The van der Waals surface area contributed by atoms with E-state index in [2.05, 4.69) is 5.32 Å². The summed E-state index contributed by atoms with van der Waals surface area (Å²) in [5.74, 6) is -0.0960. The Kier molecular flexibility index (Phi) is 3.74. The van der Waals surface area contributed by atoms with Gasteiger partial charge in [0.2, 0.25) is 5.91 Å². The number of anilines is 2. The van der Waals surface area contributed by atoms with E-state index in [4.69, 9.17) is 11.0 Å². The molecule has 1 rings (SSSR count). The van der Waals surface area contributed by atoms with E-state index < -0.39 is 5.41 Å². The van der Waals surface area contributed by atoms with Crippen molar-refractivity contribution in [2.75, 3.05) is 11.1 Å². The molecule has 90 valence electrons. The largest absolute Gasteiger partial charge is 0.399 e. The highest BCUT2D eigenvalue weighted by Gasteiger charge is 2.25. The molecule has 17 heavy (non-hydrogen) atoms. The van der Waals surface area contributed by atoms with Gasteiger partial charge in [-0.1, -0.05) is 20.8 Å². The summed E-state index contributed by atoms with van der Waals surface area (Å²) in [7, 11) is 0. The molecule has 0 aromatic heterocycles. The molecule has 0 atom stereocenters. The van der Waals surface area contributed by atoms with Crippen molar-refractivity contribution in [3.63, 3.8) is 0 Å². The van der Waals surface area contributed by atoms with Gasteiger partial charge in [0.25, 0.3) is 0 Å². The van der Waals surface area contributed by atoms with Crippen LogP contribution < -0.4 is 11.1 Å². The van der Waals surface area contributed by atoms with Crippen molar-refractivity contribution in [2.45, 2.75) is 27.2 Å². The van der Waals surface area contributed by atoms with Crippen LogP contribution in [0.5, 0.6) is 0 Å². The normalized spacial score (nSPS) is 10.7. The number of rotatable bonds is 3. The van der Waals surface area contributed by atoms with Crippen LogP contribution in [0.1, 0.15) is 32.8 Å². The van der Waals surface area contributed by atoms with Gasteiger partial charge >= 0.3 is 0 Å². The van der Waals surface area contributed by atoms with Gasteiger partial charge in [-0.15, -0.1) is 0 Å². The number of nitrogens with zero attached hydrogens (tertiary/aromatic N) is 1. The number of carbonyl (C=O) groups excluding carboxylic acids is 1. The third kappa shape index (κ3) is 2.97. The second kappa shape index (κ2) is 4.88. The van der Waals surface area contributed by atoms with Crippen LogP contribution in [0.15, 0.2) is 18.2 Å². The van der Waals surface area contributed by atoms with E-state index in [1.54, 1.807) is 18.2 Å². The molecule has 0 bridgehead atoms. The van der Waals surface area contributed by atoms with Crippen LogP contribution in [-0.4, -0.2) is 5.91 Å². The maximum absolute atomic E-state index is 12.0. The highest BCUT2D eigenvalue weighted by Crippen LogP contribution is 2.24. The first-order valence-corrected chi connectivity index (χ1v) is 5.52. The number of hydrogen-bond acceptors (Lipinski definition) is 3. The lowest BCUT2D eigenvalue weighted by atomic mass is 9.89. The van der Waals surface area contributed by atoms with E-state index in [9.17, 15) is 4.79 Å². The number of nitrogen functional groups attached to an aromatic ring is 1. The van der Waals surface area contributed by atoms with E-state index in [1.165, 1.54) is 0 Å². The summed E-state index contributed by atoms with van der Waals surface area (Å²) in [5, 5.41) is 11.7. The molecule has 0 spiro atoms. The second-order valence-corrected chi connectivity index (χ2v) is 4.61. The lowest BCUT2D eigenvalue weighted by Crippen LogP contribution is -2.30. The monoisotopic (exact) mass is 231 g/mol. The molecule has 1 aromatic carbocycles. The molecule has 4 nitrogen and oxygen atoms in total. The summed E-state index contributed by atoms with van der Waals surface area (Å²) >= 11 is 0. The molecular weight excluding hydrogens is 214 g/mol. The lowest BCUT2D eigenvalue weighted by Gasteiger charge is -2.21. The molecule has 0 heterocycles. The highest BCUT2D eigenvalue weighted by atomic mass is 16.2. The number of nitrogens with one attached hydrogen (secondary N) is 1. The van der Waals surface area contributed by atoms with Gasteiger partial charge in [-0.05, 0) is 24.6 Å². The average molecular weight is 231 g/mol. The van der Waals surface area contributed by atoms with E-state index >= 15 is 0 Å². The molecule has 1 aromatic rings. The van der Waals surface area contributed by atoms with Crippen LogP contribution >= 0.6 is 0 Å². The second-order valence-electron chi connectivity index (χ2n) is 4.61. The van der Waals surface area contributed by atoms with Crippen molar-refractivity contribution in [2.24, 2.45) is 5.41 Å². The molecule has 0 saturated carbocycles. The molecule has 0 radical (unpaired) electrons. The van der Waals surface area contributed by atoms with Crippen molar-refractivity contribution in [1.82, 2.24) is 0 Å². The molecule has 1 amide bonds. The highest BCUT2D eigenvalue weighted by molar-refractivity contribution is 5.96. The molecule has 3 N–H and O–H groups in total. The Morgan fingerprint density at radius 3 is 2.71 bits per heavy atom. The van der Waals surface area contributed by atoms with Crippen LogP contribution in [0.25, 0.3) is 0 Å². The Labute approximate surface area is 101 Å². The van der Waals surface area contributed by atoms with Gasteiger partial charge in [0.05, 0.1) is 11.3 Å². The number of amides is 1. The Hall–Kier alpha value is -2.02. The standard InChI is InChI=1S/C13H17N3O/c1-4-13(2,3)12(17)16-11-6-5-10(15)7-9(11)8-14/h5-7H,4,15H2,1-3H3,(H,16,17). The SMILES string of the molecule is CCC(C)(C)C(=O)Nc1ccc(N)cc1C#N. The zero-order valence-electron chi connectivity index (χ0n) is 10.4. The fourth-order valence-electron chi connectivity index (χ4n) is 1.22. The van der Waals surface area contributed by atoms with Crippen molar-refractivity contribution >= 4 is 17.3 Å². The number of benzene rings is 1. The van der Waals surface area contributed by atoms with E-state index in [0.717, 1.165) is 6.42 Å². The summed E-state index contributed by atoms with van der Waals surface area (Å²) in [6.07, 6.45) is 0.732. The summed E-state index contributed by atoms with van der Waals surface area (Å²) in [5.41, 5.74) is 6.53. The van der Waals surface area contributed by atoms with E-state index in [-0.39, 0.29) is 5.91 Å². The van der Waals surface area contributed by atoms with Crippen LogP contribution in [0.4, 0.5) is 11.4 Å². The van der Waals surface area contributed by atoms with Gasteiger partial charge in [0.15, 0.2) is 0 Å². The zero-order chi connectivity index (χ0) is 13.1. The molecule has 0 fully saturated rings. The predicted molar refractivity (Wildman–Crippen MR) is 68.3 cm³/mol. The molecule has 0 saturated heterocycles. The Morgan fingerprint density at radius 1 is 1.53 bits per heavy atom. The minimum absolute atomic E-state index is 0.0960. The molecule has 0 unspecified atom stereocenters. The van der Waals surface area contributed by atoms with Crippen LogP contribution in [-0.2, 0) is 4.79 Å². The summed E-state index contributed by atoms with van der Waals surface area (Å²) in [4.78, 5) is 12.0. The van der Waals surface area contributed by atoms with Crippen molar-refractivity contribution < 1.29 is 4.79 Å². The first kappa shape index (κ1) is 13.0. The van der Waals surface area contributed by atoms with Crippen molar-refractivity contribution in [1.29, 1.82) is 5.26 Å². The van der Waals surface area contributed by atoms with Crippen molar-refractivity contribution in [3.8, 4) is 6.07 Å². The van der Waals surface area contributed by atoms with E-state index in [0.29, 0.717) is 16.9 Å². The third-order valence-corrected chi connectivity index (χ3v) is 2.91. The first-order valence-electron chi connectivity index (χ1n) is 5.52. The summed E-state index contributed by atoms with van der Waals surface area (Å²) in [6, 6.07) is 6.88. The molecule has 4 heteroatoms. The van der Waals surface area contributed by atoms with Crippen LogP contribution in [0, 0.1) is 16.7 Å². The van der Waals surface area contributed by atoms with Gasteiger partial charge in [-0.25, -0.2) is 0 Å². The lowest BCUT2D eigenvalue weighted by molar-refractivity contribution is -0.124. The first-order chi connectivity index (χ1) is 7.90. The summed E-state index contributed by atoms with van der Waals surface area (Å²) in [6.45, 7) is 5.69. The Balaban J connectivity index is 2.97. The maximum atomic E-state index is 12.0. The van der Waals surface area contributed by atoms with Gasteiger partial charge in [0.1, 0.15) is 6.07 Å². The van der Waals surface area contributed by atoms with E-state index in [1.807, 2.05) is 26.8 Å². The minimum Gasteiger partial charge on any atom is -0.399 e. The number of nitriles is 1. The van der Waals surface area contributed by atoms with Gasteiger partial charge in [0, 0.05) is 11.1 Å². The zero-order valence-corrected chi connectivity index (χ0v) is 10.4. The fraction of sp³-hybridized carbons (Fsp3) is 0.385. The van der Waals surface area contributed by atoms with Crippen molar-refractivity contribution in [3.05, 3.63) is 23.8 Å². The molecule has 0 aliphatic rings. The van der Waals surface area contributed by atoms with Gasteiger partial charge in [-0.3, -0.25) is 4.79 Å². The van der Waals surface area contributed by atoms with Gasteiger partial charge < -0.3 is 11.1 Å². The maximum Gasteiger partial charge on any atom is 0.230 e. The third-order valence-electron chi connectivity index (χ3n) is 2.91. The Morgan fingerprint density at radius 2 is 2.18 bits per heavy atom. The summed E-state index contributed by atoms with van der Waals surface area (Å²) < 4.78 is 0. The predicted octanol–water partition coefficient (Wildman–Crippen LogP) is 2.52. The quantitative estimate of drug-likeness (QED) is 0.784. The number of carbonyl (C=O) groups is 1. The van der Waals surface area contributed by atoms with Crippen LogP contribution in [0.3, 0.4) is 0 Å². The minimum atomic E-state index is -0.450. The topological polar surface area (TPSA) is 78.9 Å². The van der Waals surface area contributed by atoms with Crippen LogP contribution in [0.2, 0.25) is 0 Å².